The van der Waals surface area contributed by atoms with Crippen LogP contribution in [-0.2, 0) is 14.3 Å². The van der Waals surface area contributed by atoms with E-state index in [0.717, 1.165) is 0 Å². The van der Waals surface area contributed by atoms with E-state index in [1.807, 2.05) is 6.92 Å². The summed E-state index contributed by atoms with van der Waals surface area (Å²) in [5.74, 6) is 0.260. The van der Waals surface area contributed by atoms with Crippen molar-refractivity contribution in [2.45, 2.75) is 73.5 Å². The lowest BCUT2D eigenvalue weighted by Gasteiger charge is -2.30. The number of hydrogen-bond donors (Lipinski definition) is 0. The first-order chi connectivity index (χ1) is 8.45. The van der Waals surface area contributed by atoms with Crippen LogP contribution in [0.2, 0.25) is 0 Å². The van der Waals surface area contributed by atoms with Crippen LogP contribution < -0.4 is 0 Å². The maximum atomic E-state index is 12.2. The average molecular weight is 268 g/mol. The number of rotatable bonds is 4. The molecule has 19 heavy (non-hydrogen) atoms. The Bertz CT molecular complexity index is 363. The number of ether oxygens (including phenoxy) is 1. The van der Waals surface area contributed by atoms with Crippen LogP contribution in [0.3, 0.4) is 0 Å². The molecule has 1 saturated heterocycles. The molecule has 0 N–H and O–H groups in total. The second-order valence-electron chi connectivity index (χ2n) is 7.72. The second-order valence-corrected chi connectivity index (χ2v) is 7.72. The Labute approximate surface area is 117 Å². The first-order valence-electron chi connectivity index (χ1n) is 7.13. The van der Waals surface area contributed by atoms with E-state index in [2.05, 4.69) is 34.6 Å². The molecule has 0 saturated carbocycles. The Hall–Kier alpha value is -0.700. The quantitative estimate of drug-likeness (QED) is 0.785. The van der Waals surface area contributed by atoms with Crippen molar-refractivity contribution in [3.8, 4) is 0 Å². The molecule has 1 aliphatic rings. The van der Waals surface area contributed by atoms with Gasteiger partial charge in [-0.2, -0.15) is 0 Å². The summed E-state index contributed by atoms with van der Waals surface area (Å²) in [5.41, 5.74) is -0.137. The van der Waals surface area contributed by atoms with Crippen molar-refractivity contribution in [1.82, 2.24) is 0 Å². The molecule has 0 aliphatic carbocycles. The van der Waals surface area contributed by atoms with Crippen LogP contribution in [0.1, 0.15) is 61.3 Å². The summed E-state index contributed by atoms with van der Waals surface area (Å²) in [6, 6.07) is 0. The van der Waals surface area contributed by atoms with Gasteiger partial charge in [-0.3, -0.25) is 9.59 Å². The van der Waals surface area contributed by atoms with E-state index in [0.29, 0.717) is 12.8 Å². The number of hydrogen-bond acceptors (Lipinski definition) is 3. The largest absolute Gasteiger partial charge is 0.367 e. The minimum absolute atomic E-state index is 0.00196. The lowest BCUT2D eigenvalue weighted by molar-refractivity contribution is -0.130. The highest BCUT2D eigenvalue weighted by molar-refractivity contribution is 5.84. The monoisotopic (exact) mass is 268 g/mol. The van der Waals surface area contributed by atoms with E-state index < -0.39 is 6.10 Å². The van der Waals surface area contributed by atoms with Crippen LogP contribution in [0, 0.1) is 16.7 Å². The summed E-state index contributed by atoms with van der Waals surface area (Å²) in [6.07, 6.45) is 0.583. The molecule has 0 radical (unpaired) electrons. The van der Waals surface area contributed by atoms with E-state index in [1.54, 1.807) is 6.92 Å². The van der Waals surface area contributed by atoms with Gasteiger partial charge >= 0.3 is 0 Å². The fourth-order valence-corrected chi connectivity index (χ4v) is 2.84. The Balaban J connectivity index is 2.83. The molecule has 1 heterocycles. The lowest BCUT2D eigenvalue weighted by atomic mass is 9.71. The number of carbonyl (C=O) groups excluding carboxylic acids is 2. The van der Waals surface area contributed by atoms with Crippen LogP contribution >= 0.6 is 0 Å². The van der Waals surface area contributed by atoms with Crippen LogP contribution in [0.4, 0.5) is 0 Å². The molecule has 1 aliphatic heterocycles. The van der Waals surface area contributed by atoms with Crippen LogP contribution in [0.5, 0.6) is 0 Å². The summed E-state index contributed by atoms with van der Waals surface area (Å²) < 4.78 is 5.78. The molecule has 110 valence electrons. The van der Waals surface area contributed by atoms with Crippen LogP contribution in [0.15, 0.2) is 0 Å². The Morgan fingerprint density at radius 1 is 1.21 bits per heavy atom. The fraction of sp³-hybridized carbons (Fsp3) is 0.875. The van der Waals surface area contributed by atoms with Gasteiger partial charge in [0.15, 0.2) is 5.78 Å². The van der Waals surface area contributed by atoms with Gasteiger partial charge in [0.05, 0.1) is 6.10 Å². The maximum Gasteiger partial charge on any atom is 0.158 e. The second kappa shape index (κ2) is 5.35. The van der Waals surface area contributed by atoms with Gasteiger partial charge in [0.25, 0.3) is 0 Å². The Morgan fingerprint density at radius 3 is 2.16 bits per heavy atom. The summed E-state index contributed by atoms with van der Waals surface area (Å²) in [5, 5.41) is 0. The highest BCUT2D eigenvalue weighted by Crippen LogP contribution is 2.45. The van der Waals surface area contributed by atoms with E-state index in [4.69, 9.17) is 4.74 Å². The third-order valence-electron chi connectivity index (χ3n) is 4.30. The molecule has 0 spiro atoms. The zero-order valence-electron chi connectivity index (χ0n) is 13.4. The van der Waals surface area contributed by atoms with Crippen molar-refractivity contribution in [1.29, 1.82) is 0 Å². The van der Waals surface area contributed by atoms with E-state index >= 15 is 0 Å². The molecular weight excluding hydrogens is 240 g/mol. The van der Waals surface area contributed by atoms with Crippen molar-refractivity contribution in [3.63, 3.8) is 0 Å². The molecular formula is C16H28O3. The van der Waals surface area contributed by atoms with Gasteiger partial charge in [-0.05, 0) is 24.7 Å². The smallest absolute Gasteiger partial charge is 0.158 e. The first-order valence-corrected chi connectivity index (χ1v) is 7.13. The molecule has 0 amide bonds. The molecule has 0 aromatic rings. The summed E-state index contributed by atoms with van der Waals surface area (Å²) >= 11 is 0. The van der Waals surface area contributed by atoms with Gasteiger partial charge < -0.3 is 4.74 Å². The van der Waals surface area contributed by atoms with Crippen LogP contribution in [-0.4, -0.2) is 23.8 Å². The molecule has 1 fully saturated rings. The van der Waals surface area contributed by atoms with E-state index in [-0.39, 0.29) is 34.4 Å². The molecule has 3 heteroatoms. The standard InChI is InChI=1S/C16H28O3/c1-10(17)14-13(16(6,7)11(2)19-14)8-12(18)9-15(3,4)5/h11,13-14H,8-9H2,1-7H3. The van der Waals surface area contributed by atoms with Gasteiger partial charge in [-0.25, -0.2) is 0 Å². The van der Waals surface area contributed by atoms with Crippen molar-refractivity contribution in [2.24, 2.45) is 16.7 Å². The lowest BCUT2D eigenvalue weighted by Crippen LogP contribution is -2.34. The van der Waals surface area contributed by atoms with Gasteiger partial charge in [-0.15, -0.1) is 0 Å². The predicted octanol–water partition coefficient (Wildman–Crippen LogP) is 3.40. The third-order valence-corrected chi connectivity index (χ3v) is 4.30. The van der Waals surface area contributed by atoms with Crippen molar-refractivity contribution >= 4 is 11.6 Å². The highest BCUT2D eigenvalue weighted by Gasteiger charge is 2.50. The van der Waals surface area contributed by atoms with Gasteiger partial charge in [0.1, 0.15) is 11.9 Å². The molecule has 0 aromatic heterocycles. The normalized spacial score (nSPS) is 30.4. The highest BCUT2D eigenvalue weighted by atomic mass is 16.5. The van der Waals surface area contributed by atoms with E-state index in [1.165, 1.54) is 0 Å². The molecule has 3 unspecified atom stereocenters. The summed E-state index contributed by atoms with van der Waals surface area (Å²) in [6.45, 7) is 13.9. The van der Waals surface area contributed by atoms with Gasteiger partial charge in [0, 0.05) is 18.8 Å². The van der Waals surface area contributed by atoms with Crippen molar-refractivity contribution in [3.05, 3.63) is 0 Å². The minimum atomic E-state index is -0.422. The fourth-order valence-electron chi connectivity index (χ4n) is 2.84. The summed E-state index contributed by atoms with van der Waals surface area (Å²) in [7, 11) is 0. The molecule has 3 atom stereocenters. The van der Waals surface area contributed by atoms with Crippen LogP contribution in [0.25, 0.3) is 0 Å². The maximum absolute atomic E-state index is 12.2. The topological polar surface area (TPSA) is 43.4 Å². The summed E-state index contributed by atoms with van der Waals surface area (Å²) in [4.78, 5) is 23.9. The van der Waals surface area contributed by atoms with E-state index in [9.17, 15) is 9.59 Å². The Kier molecular flexibility index (Phi) is 4.61. The SMILES string of the molecule is CC(=O)C1OC(C)C(C)(C)C1CC(=O)CC(C)(C)C. The third kappa shape index (κ3) is 3.88. The zero-order chi connectivity index (χ0) is 15.0. The van der Waals surface area contributed by atoms with Gasteiger partial charge in [-0.1, -0.05) is 34.6 Å². The minimum Gasteiger partial charge on any atom is -0.367 e. The molecule has 0 aromatic carbocycles. The molecule has 1 rings (SSSR count). The molecule has 0 bridgehead atoms. The first kappa shape index (κ1) is 16.4. The van der Waals surface area contributed by atoms with Crippen molar-refractivity contribution < 1.29 is 14.3 Å². The van der Waals surface area contributed by atoms with Crippen molar-refractivity contribution in [2.75, 3.05) is 0 Å². The predicted molar refractivity (Wildman–Crippen MR) is 76.0 cm³/mol. The number of Topliss-reactive ketones (excluding diaryl/α,β-unsaturated/α-hetero) is 2. The number of carbonyl (C=O) groups is 2. The number of ketones is 2. The van der Waals surface area contributed by atoms with Gasteiger partial charge in [0.2, 0.25) is 0 Å². The average Bonchev–Trinajstić information content (AvgIpc) is 2.39. The Morgan fingerprint density at radius 2 is 1.74 bits per heavy atom. The molecule has 3 nitrogen and oxygen atoms in total. The zero-order valence-corrected chi connectivity index (χ0v) is 13.4.